The Morgan fingerprint density at radius 3 is 2.59 bits per heavy atom. The fraction of sp³-hybridized carbons (Fsp3) is 0.304. The molecule has 0 atom stereocenters. The van der Waals surface area contributed by atoms with Crippen molar-refractivity contribution in [3.05, 3.63) is 65.7 Å². The second-order valence-corrected chi connectivity index (χ2v) is 7.99. The van der Waals surface area contributed by atoms with Crippen LogP contribution in [0.5, 0.6) is 0 Å². The van der Waals surface area contributed by atoms with E-state index in [1.54, 1.807) is 10.7 Å². The van der Waals surface area contributed by atoms with Crippen LogP contribution in [0.3, 0.4) is 0 Å². The number of fused-ring (bicyclic) bond motifs is 1. The number of carbonyl (C=O) groups is 1. The van der Waals surface area contributed by atoms with Gasteiger partial charge >= 0.3 is 0 Å². The Morgan fingerprint density at radius 1 is 1.12 bits per heavy atom. The highest BCUT2D eigenvalue weighted by Gasteiger charge is 2.21. The molecule has 0 spiro atoms. The zero-order valence-corrected chi connectivity index (χ0v) is 18.2. The van der Waals surface area contributed by atoms with Gasteiger partial charge in [0.15, 0.2) is 5.82 Å². The number of hydrogen-bond acceptors (Lipinski definition) is 6. The number of rotatable bonds is 7. The maximum atomic E-state index is 12.7. The van der Waals surface area contributed by atoms with Crippen molar-refractivity contribution in [2.24, 2.45) is 0 Å². The number of amides is 1. The molecule has 0 aliphatic carbocycles. The smallest absolute Gasteiger partial charge is 0.255 e. The van der Waals surface area contributed by atoms with E-state index < -0.39 is 11.9 Å². The number of aliphatic hydroxyl groups is 2. The first kappa shape index (κ1) is 21.7. The molecule has 9 nitrogen and oxygen atoms in total. The van der Waals surface area contributed by atoms with Crippen LogP contribution in [-0.2, 0) is 0 Å². The van der Waals surface area contributed by atoms with Gasteiger partial charge in [0, 0.05) is 23.0 Å². The van der Waals surface area contributed by atoms with Crippen LogP contribution in [0.1, 0.15) is 41.4 Å². The molecule has 0 saturated heterocycles. The summed E-state index contributed by atoms with van der Waals surface area (Å²) in [6, 6.07) is 8.88. The second-order valence-electron chi connectivity index (χ2n) is 7.99. The van der Waals surface area contributed by atoms with Crippen molar-refractivity contribution in [1.29, 1.82) is 0 Å². The van der Waals surface area contributed by atoms with E-state index in [2.05, 4.69) is 34.3 Å². The van der Waals surface area contributed by atoms with Crippen molar-refractivity contribution in [3.63, 3.8) is 0 Å². The SMILES string of the molecule is Cc1cccc(-n2ncc(C(C)C)c2-c2ccn3ncc(C(=O)NC(CO)CO)c3c2)n1. The van der Waals surface area contributed by atoms with Crippen LogP contribution in [0.25, 0.3) is 22.6 Å². The van der Waals surface area contributed by atoms with Gasteiger partial charge < -0.3 is 15.5 Å². The lowest BCUT2D eigenvalue weighted by atomic mass is 9.99. The van der Waals surface area contributed by atoms with Crippen LogP contribution in [0.15, 0.2) is 48.9 Å². The first-order valence-electron chi connectivity index (χ1n) is 10.4. The lowest BCUT2D eigenvalue weighted by Gasteiger charge is -2.14. The van der Waals surface area contributed by atoms with Gasteiger partial charge in [-0.05, 0) is 37.1 Å². The quantitative estimate of drug-likeness (QED) is 0.410. The molecular weight excluding hydrogens is 408 g/mol. The number of aromatic nitrogens is 5. The Balaban J connectivity index is 1.84. The Kier molecular flexibility index (Phi) is 6.02. The number of aliphatic hydroxyl groups excluding tert-OH is 2. The molecule has 0 radical (unpaired) electrons. The summed E-state index contributed by atoms with van der Waals surface area (Å²) in [4.78, 5) is 17.4. The van der Waals surface area contributed by atoms with Crippen molar-refractivity contribution in [2.45, 2.75) is 32.7 Å². The summed E-state index contributed by atoms with van der Waals surface area (Å²) in [6.07, 6.45) is 5.12. The van der Waals surface area contributed by atoms with E-state index in [0.29, 0.717) is 16.9 Å². The summed E-state index contributed by atoms with van der Waals surface area (Å²) in [5.41, 5.74) is 4.68. The molecule has 1 amide bonds. The largest absolute Gasteiger partial charge is 0.394 e. The van der Waals surface area contributed by atoms with Crippen LogP contribution in [0.4, 0.5) is 0 Å². The monoisotopic (exact) mass is 434 g/mol. The third kappa shape index (κ3) is 4.00. The fourth-order valence-corrected chi connectivity index (χ4v) is 3.61. The Hall–Kier alpha value is -3.56. The van der Waals surface area contributed by atoms with Crippen LogP contribution in [-0.4, -0.2) is 59.8 Å². The number of nitrogens with one attached hydrogen (secondary N) is 1. The van der Waals surface area contributed by atoms with Gasteiger partial charge in [0.2, 0.25) is 0 Å². The van der Waals surface area contributed by atoms with E-state index in [-0.39, 0.29) is 19.1 Å². The van der Waals surface area contributed by atoms with E-state index in [9.17, 15) is 15.0 Å². The highest BCUT2D eigenvalue weighted by atomic mass is 16.3. The number of hydrogen-bond donors (Lipinski definition) is 3. The molecule has 0 fully saturated rings. The highest BCUT2D eigenvalue weighted by molar-refractivity contribution is 6.01. The third-order valence-corrected chi connectivity index (χ3v) is 5.33. The molecule has 4 aromatic rings. The molecule has 4 aromatic heterocycles. The van der Waals surface area contributed by atoms with E-state index in [1.807, 2.05) is 48.1 Å². The number of nitrogens with zero attached hydrogens (tertiary/aromatic N) is 5. The lowest BCUT2D eigenvalue weighted by Crippen LogP contribution is -2.40. The molecule has 0 saturated carbocycles. The molecule has 4 heterocycles. The number of carbonyl (C=O) groups excluding carboxylic acids is 1. The Bertz CT molecular complexity index is 1260. The lowest BCUT2D eigenvalue weighted by molar-refractivity contribution is 0.0881. The third-order valence-electron chi connectivity index (χ3n) is 5.33. The zero-order chi connectivity index (χ0) is 22.8. The van der Waals surface area contributed by atoms with Gasteiger partial charge in [-0.3, -0.25) is 4.79 Å². The van der Waals surface area contributed by atoms with Gasteiger partial charge in [0.25, 0.3) is 5.91 Å². The summed E-state index contributed by atoms with van der Waals surface area (Å²) in [7, 11) is 0. The first-order chi connectivity index (χ1) is 15.4. The van der Waals surface area contributed by atoms with Crippen molar-refractivity contribution in [3.8, 4) is 17.1 Å². The Morgan fingerprint density at radius 2 is 1.91 bits per heavy atom. The van der Waals surface area contributed by atoms with Gasteiger partial charge in [-0.15, -0.1) is 0 Å². The average molecular weight is 435 g/mol. The summed E-state index contributed by atoms with van der Waals surface area (Å²) in [5, 5.41) is 30.1. The normalized spacial score (nSPS) is 11.6. The van der Waals surface area contributed by atoms with E-state index in [4.69, 9.17) is 0 Å². The van der Waals surface area contributed by atoms with Gasteiger partial charge in [0.05, 0.1) is 48.4 Å². The van der Waals surface area contributed by atoms with Crippen LogP contribution < -0.4 is 5.32 Å². The van der Waals surface area contributed by atoms with Gasteiger partial charge in [-0.2, -0.15) is 10.2 Å². The van der Waals surface area contributed by atoms with Gasteiger partial charge in [0.1, 0.15) is 0 Å². The van der Waals surface area contributed by atoms with Crippen LogP contribution >= 0.6 is 0 Å². The molecule has 0 aliphatic rings. The molecule has 3 N–H and O–H groups in total. The van der Waals surface area contributed by atoms with Crippen LogP contribution in [0.2, 0.25) is 0 Å². The van der Waals surface area contributed by atoms with E-state index in [1.165, 1.54) is 6.20 Å². The number of aryl methyl sites for hydroxylation is 1. The minimum Gasteiger partial charge on any atom is -0.394 e. The molecule has 32 heavy (non-hydrogen) atoms. The number of pyridine rings is 2. The topological polar surface area (TPSA) is 118 Å². The summed E-state index contributed by atoms with van der Waals surface area (Å²) in [6.45, 7) is 5.44. The van der Waals surface area contributed by atoms with Crippen molar-refractivity contribution in [2.75, 3.05) is 13.2 Å². The molecule has 0 aromatic carbocycles. The molecule has 0 aliphatic heterocycles. The molecule has 4 rings (SSSR count). The minimum atomic E-state index is -0.734. The predicted octanol–water partition coefficient (Wildman–Crippen LogP) is 2.10. The standard InChI is InChI=1S/C23H26N6O3/c1-14(2)18-10-25-29(21-6-4-5-15(3)26-21)22(18)16-7-8-28-20(9-16)19(11-24-28)23(32)27-17(12-30)13-31/h4-11,14,17,30-31H,12-13H2,1-3H3,(H,27,32). The summed E-state index contributed by atoms with van der Waals surface area (Å²) < 4.78 is 3.43. The van der Waals surface area contributed by atoms with Gasteiger partial charge in [-0.25, -0.2) is 14.2 Å². The second kappa shape index (κ2) is 8.89. The average Bonchev–Trinajstić information content (AvgIpc) is 3.41. The molecule has 0 bridgehead atoms. The molecule has 0 unspecified atom stereocenters. The first-order valence-corrected chi connectivity index (χ1v) is 10.4. The van der Waals surface area contributed by atoms with Crippen molar-refractivity contribution < 1.29 is 15.0 Å². The van der Waals surface area contributed by atoms with Gasteiger partial charge in [-0.1, -0.05) is 19.9 Å². The summed E-state index contributed by atoms with van der Waals surface area (Å²) in [5.74, 6) is 0.525. The van der Waals surface area contributed by atoms with Crippen molar-refractivity contribution in [1.82, 2.24) is 29.7 Å². The molecule has 166 valence electrons. The minimum absolute atomic E-state index is 0.224. The molecule has 9 heteroatoms. The van der Waals surface area contributed by atoms with Crippen molar-refractivity contribution >= 4 is 11.4 Å². The zero-order valence-electron chi connectivity index (χ0n) is 18.2. The van der Waals surface area contributed by atoms with E-state index in [0.717, 1.165) is 22.5 Å². The fourth-order valence-electron chi connectivity index (χ4n) is 3.61. The Labute approximate surface area is 185 Å². The van der Waals surface area contributed by atoms with E-state index >= 15 is 0 Å². The predicted molar refractivity (Wildman–Crippen MR) is 120 cm³/mol. The molecular formula is C23H26N6O3. The van der Waals surface area contributed by atoms with Crippen LogP contribution in [0, 0.1) is 6.92 Å². The highest BCUT2D eigenvalue weighted by Crippen LogP contribution is 2.32. The maximum Gasteiger partial charge on any atom is 0.255 e. The maximum absolute atomic E-state index is 12.7. The summed E-state index contributed by atoms with van der Waals surface area (Å²) >= 11 is 0.